The lowest BCUT2D eigenvalue weighted by molar-refractivity contribution is -0.150. The Hall–Kier alpha value is -0.910. The van der Waals surface area contributed by atoms with Crippen LogP contribution in [0.1, 0.15) is 27.2 Å². The maximum Gasteiger partial charge on any atom is 0.317 e. The van der Waals surface area contributed by atoms with Gasteiger partial charge in [0.05, 0.1) is 5.41 Å². The van der Waals surface area contributed by atoms with E-state index >= 15 is 0 Å². The second-order valence-corrected chi connectivity index (χ2v) is 6.94. The Morgan fingerprint density at radius 3 is 2.50 bits per heavy atom. The number of amides is 2. The van der Waals surface area contributed by atoms with Gasteiger partial charge in [-0.2, -0.15) is 11.8 Å². The van der Waals surface area contributed by atoms with Crippen molar-refractivity contribution in [2.24, 2.45) is 17.3 Å². The van der Waals surface area contributed by atoms with Crippen LogP contribution in [0.15, 0.2) is 0 Å². The number of carbonyl (C=O) groups is 2. The maximum absolute atomic E-state index is 12.1. The highest BCUT2D eigenvalue weighted by molar-refractivity contribution is 7.98. The highest BCUT2D eigenvalue weighted by atomic mass is 32.2. The molecule has 2 amide bonds. The molecule has 1 saturated heterocycles. The number of hydrogen-bond donors (Lipinski definition) is 2. The number of carboxylic acid groups (broad SMARTS) is 1. The van der Waals surface area contributed by atoms with Gasteiger partial charge in [-0.1, -0.05) is 20.8 Å². The zero-order valence-corrected chi connectivity index (χ0v) is 13.6. The molecule has 0 bridgehead atoms. The Kier molecular flexibility index (Phi) is 6.17. The average molecular weight is 302 g/mol. The van der Waals surface area contributed by atoms with Crippen molar-refractivity contribution >= 4 is 23.8 Å². The third kappa shape index (κ3) is 3.81. The number of urea groups is 1. The minimum atomic E-state index is -0.793. The fraction of sp³-hybridized carbons (Fsp3) is 0.857. The van der Waals surface area contributed by atoms with Gasteiger partial charge in [0.15, 0.2) is 0 Å². The van der Waals surface area contributed by atoms with Crippen molar-refractivity contribution in [2.45, 2.75) is 27.2 Å². The molecule has 6 heteroatoms. The van der Waals surface area contributed by atoms with E-state index in [0.29, 0.717) is 32.0 Å². The van der Waals surface area contributed by atoms with E-state index in [0.717, 1.165) is 5.75 Å². The molecular formula is C14H26N2O3S. The smallest absolute Gasteiger partial charge is 0.317 e. The summed E-state index contributed by atoms with van der Waals surface area (Å²) in [6.07, 6.45) is 2.58. The molecule has 0 aliphatic carbocycles. The summed E-state index contributed by atoms with van der Waals surface area (Å²) >= 11 is 1.76. The fourth-order valence-electron chi connectivity index (χ4n) is 2.62. The van der Waals surface area contributed by atoms with E-state index in [1.165, 1.54) is 0 Å². The van der Waals surface area contributed by atoms with E-state index in [2.05, 4.69) is 12.2 Å². The Labute approximate surface area is 125 Å². The maximum atomic E-state index is 12.1. The van der Waals surface area contributed by atoms with Gasteiger partial charge >= 0.3 is 12.0 Å². The predicted molar refractivity (Wildman–Crippen MR) is 82.0 cm³/mol. The van der Waals surface area contributed by atoms with Crippen molar-refractivity contribution in [3.63, 3.8) is 0 Å². The van der Waals surface area contributed by atoms with Crippen LogP contribution < -0.4 is 5.32 Å². The van der Waals surface area contributed by atoms with Crippen molar-refractivity contribution < 1.29 is 14.7 Å². The number of rotatable bonds is 6. The zero-order valence-electron chi connectivity index (χ0n) is 12.8. The van der Waals surface area contributed by atoms with Gasteiger partial charge in [0.25, 0.3) is 0 Å². The highest BCUT2D eigenvalue weighted by Gasteiger charge is 2.48. The monoisotopic (exact) mass is 302 g/mol. The summed E-state index contributed by atoms with van der Waals surface area (Å²) in [7, 11) is 0. The van der Waals surface area contributed by atoms with Crippen molar-refractivity contribution in [3.05, 3.63) is 0 Å². The summed E-state index contributed by atoms with van der Waals surface area (Å²) in [6, 6.07) is -0.137. The van der Waals surface area contributed by atoms with Crippen LogP contribution in [0.3, 0.4) is 0 Å². The van der Waals surface area contributed by atoms with Gasteiger partial charge < -0.3 is 15.3 Å². The number of likely N-dealkylation sites (tertiary alicyclic amines) is 1. The van der Waals surface area contributed by atoms with Crippen LogP contribution in [0, 0.1) is 17.3 Å². The quantitative estimate of drug-likeness (QED) is 0.788. The van der Waals surface area contributed by atoms with Crippen molar-refractivity contribution in [2.75, 3.05) is 31.6 Å². The summed E-state index contributed by atoms with van der Waals surface area (Å²) in [5.41, 5.74) is -0.789. The normalized spacial score (nSPS) is 23.9. The van der Waals surface area contributed by atoms with E-state index in [1.54, 1.807) is 16.7 Å². The zero-order chi connectivity index (χ0) is 15.3. The summed E-state index contributed by atoms with van der Waals surface area (Å²) in [5.74, 6) is 0.656. The Morgan fingerprint density at radius 2 is 2.05 bits per heavy atom. The van der Waals surface area contributed by atoms with Gasteiger partial charge in [-0.05, 0) is 30.3 Å². The molecule has 0 saturated carbocycles. The first-order valence-electron chi connectivity index (χ1n) is 7.08. The van der Waals surface area contributed by atoms with Gasteiger partial charge in [0.1, 0.15) is 0 Å². The van der Waals surface area contributed by atoms with Gasteiger partial charge in [0, 0.05) is 19.6 Å². The minimum absolute atomic E-state index is 0.0215. The summed E-state index contributed by atoms with van der Waals surface area (Å²) < 4.78 is 0. The number of aliphatic carboxylic acids is 1. The first-order valence-corrected chi connectivity index (χ1v) is 8.48. The summed E-state index contributed by atoms with van der Waals surface area (Å²) in [6.45, 7) is 7.39. The number of carboxylic acids is 1. The third-order valence-electron chi connectivity index (χ3n) is 4.17. The van der Waals surface area contributed by atoms with E-state index in [-0.39, 0.29) is 11.9 Å². The molecule has 0 spiro atoms. The molecule has 0 aromatic carbocycles. The van der Waals surface area contributed by atoms with Crippen LogP contribution in [-0.2, 0) is 4.79 Å². The number of hydrogen-bond acceptors (Lipinski definition) is 3. The molecule has 0 radical (unpaired) electrons. The van der Waals surface area contributed by atoms with Crippen LogP contribution in [-0.4, -0.2) is 53.6 Å². The third-order valence-corrected chi connectivity index (χ3v) is 5.07. The molecule has 2 atom stereocenters. The average Bonchev–Trinajstić information content (AvgIpc) is 2.82. The molecule has 1 heterocycles. The van der Waals surface area contributed by atoms with Crippen LogP contribution >= 0.6 is 11.8 Å². The molecule has 5 nitrogen and oxygen atoms in total. The van der Waals surface area contributed by atoms with E-state index in [9.17, 15) is 14.7 Å². The molecule has 20 heavy (non-hydrogen) atoms. The highest BCUT2D eigenvalue weighted by Crippen LogP contribution is 2.38. The lowest BCUT2D eigenvalue weighted by atomic mass is 9.76. The molecule has 116 valence electrons. The largest absolute Gasteiger partial charge is 0.481 e. The number of nitrogens with one attached hydrogen (secondary N) is 1. The SMILES string of the molecule is CSCC(C)CNC(=O)N1CCC(C(=O)O)(C(C)C)C1. The van der Waals surface area contributed by atoms with Crippen LogP contribution in [0.5, 0.6) is 0 Å². The molecule has 1 rings (SSSR count). The second-order valence-electron chi connectivity index (χ2n) is 6.03. The minimum Gasteiger partial charge on any atom is -0.481 e. The molecule has 2 unspecified atom stereocenters. The Balaban J connectivity index is 2.54. The van der Waals surface area contributed by atoms with Crippen molar-refractivity contribution in [1.29, 1.82) is 0 Å². The first-order chi connectivity index (χ1) is 9.33. The van der Waals surface area contributed by atoms with Gasteiger partial charge in [-0.3, -0.25) is 4.79 Å². The molecule has 1 aliphatic rings. The fourth-order valence-corrected chi connectivity index (χ4v) is 3.30. The topological polar surface area (TPSA) is 69.6 Å². The molecule has 0 aromatic rings. The van der Waals surface area contributed by atoms with Crippen LogP contribution in [0.4, 0.5) is 4.79 Å². The van der Waals surface area contributed by atoms with Crippen molar-refractivity contribution in [1.82, 2.24) is 10.2 Å². The number of nitrogens with zero attached hydrogens (tertiary/aromatic N) is 1. The second kappa shape index (κ2) is 7.20. The molecule has 1 aliphatic heterocycles. The molecule has 1 fully saturated rings. The number of carbonyl (C=O) groups excluding carboxylic acids is 1. The van der Waals surface area contributed by atoms with Crippen LogP contribution in [0.25, 0.3) is 0 Å². The number of thioether (sulfide) groups is 1. The first kappa shape index (κ1) is 17.1. The summed E-state index contributed by atoms with van der Waals surface area (Å²) in [4.78, 5) is 25.3. The van der Waals surface area contributed by atoms with Crippen molar-refractivity contribution in [3.8, 4) is 0 Å². The van der Waals surface area contributed by atoms with Gasteiger partial charge in [-0.15, -0.1) is 0 Å². The van der Waals surface area contributed by atoms with Crippen LogP contribution in [0.2, 0.25) is 0 Å². The van der Waals surface area contributed by atoms with E-state index in [1.807, 2.05) is 20.1 Å². The van der Waals surface area contributed by atoms with E-state index < -0.39 is 11.4 Å². The Morgan fingerprint density at radius 1 is 1.40 bits per heavy atom. The summed E-state index contributed by atoms with van der Waals surface area (Å²) in [5, 5.41) is 12.4. The van der Waals surface area contributed by atoms with E-state index in [4.69, 9.17) is 0 Å². The van der Waals surface area contributed by atoms with Gasteiger partial charge in [0.2, 0.25) is 0 Å². The Bertz CT molecular complexity index is 362. The lowest BCUT2D eigenvalue weighted by Gasteiger charge is -2.28. The molecular weight excluding hydrogens is 276 g/mol. The standard InChI is InChI=1S/C14H26N2O3S/c1-10(2)14(12(17)18)5-6-16(9-14)13(19)15-7-11(3)8-20-4/h10-11H,5-9H2,1-4H3,(H,15,19)(H,17,18). The lowest BCUT2D eigenvalue weighted by Crippen LogP contribution is -2.44. The predicted octanol–water partition coefficient (Wildman–Crippen LogP) is 2.13. The van der Waals surface area contributed by atoms with Gasteiger partial charge in [-0.25, -0.2) is 4.79 Å². The molecule has 2 N–H and O–H groups in total. The molecule has 0 aromatic heterocycles.